The van der Waals surface area contributed by atoms with Gasteiger partial charge in [-0.05, 0) is 17.7 Å². The van der Waals surface area contributed by atoms with Gasteiger partial charge in [0.05, 0.1) is 0 Å². The van der Waals surface area contributed by atoms with E-state index in [0.29, 0.717) is 31.9 Å². The number of nitrogens with one attached hydrogen (secondary N) is 1. The van der Waals surface area contributed by atoms with Crippen LogP contribution in [0.25, 0.3) is 0 Å². The summed E-state index contributed by atoms with van der Waals surface area (Å²) in [5.74, 6) is -1.06. The van der Waals surface area contributed by atoms with Crippen LogP contribution in [0.5, 0.6) is 0 Å². The van der Waals surface area contributed by atoms with Gasteiger partial charge in [-0.25, -0.2) is 4.79 Å². The third kappa shape index (κ3) is 3.91. The van der Waals surface area contributed by atoms with Gasteiger partial charge in [0, 0.05) is 38.3 Å². The molecule has 0 spiro atoms. The average molecular weight is 405 g/mol. The second-order valence-electron chi connectivity index (χ2n) is 7.42. The normalized spacial score (nSPS) is 15.2. The van der Waals surface area contributed by atoms with E-state index in [0.717, 1.165) is 11.3 Å². The second kappa shape index (κ2) is 8.41. The fourth-order valence-corrected chi connectivity index (χ4v) is 3.87. The zero-order chi connectivity index (χ0) is 21.1. The molecule has 0 saturated carbocycles. The van der Waals surface area contributed by atoms with Crippen molar-refractivity contribution in [3.05, 3.63) is 86.7 Å². The summed E-state index contributed by atoms with van der Waals surface area (Å²) in [6.45, 7) is 2.61. The Kier molecular flexibility index (Phi) is 5.52. The Morgan fingerprint density at radius 1 is 0.867 bits per heavy atom. The first kappa shape index (κ1) is 19.7. The summed E-state index contributed by atoms with van der Waals surface area (Å²) in [6.07, 6.45) is 0.218. The van der Waals surface area contributed by atoms with Gasteiger partial charge in [0.1, 0.15) is 17.4 Å². The van der Waals surface area contributed by atoms with Crippen molar-refractivity contribution in [3.63, 3.8) is 0 Å². The number of para-hydroxylation sites is 1. The molecule has 3 aromatic carbocycles. The van der Waals surface area contributed by atoms with E-state index in [1.807, 2.05) is 65.6 Å². The van der Waals surface area contributed by atoms with Gasteiger partial charge >= 0.3 is 5.97 Å². The molecule has 0 bridgehead atoms. The van der Waals surface area contributed by atoms with Gasteiger partial charge in [0.25, 0.3) is 10.9 Å². The van der Waals surface area contributed by atoms with Crippen LogP contribution in [0.3, 0.4) is 0 Å². The van der Waals surface area contributed by atoms with E-state index >= 15 is 0 Å². The highest BCUT2D eigenvalue weighted by atomic mass is 16.4. The molecule has 3 aromatic rings. The number of anilines is 3. The Balaban J connectivity index is 1.48. The van der Waals surface area contributed by atoms with Crippen molar-refractivity contribution >= 4 is 23.0 Å². The number of benzene rings is 2. The van der Waals surface area contributed by atoms with Crippen LogP contribution in [0.4, 0.5) is 17.1 Å². The topological polar surface area (TPSA) is 89.9 Å². The van der Waals surface area contributed by atoms with Gasteiger partial charge < -0.3 is 20.2 Å². The maximum atomic E-state index is 12.3. The molecule has 30 heavy (non-hydrogen) atoms. The third-order valence-electron chi connectivity index (χ3n) is 5.50. The molecule has 7 nitrogen and oxygen atoms in total. The summed E-state index contributed by atoms with van der Waals surface area (Å²) in [4.78, 5) is 40.4. The number of carboxylic acids is 1. The van der Waals surface area contributed by atoms with Gasteiger partial charge in [-0.2, -0.15) is 0 Å². The Morgan fingerprint density at radius 2 is 1.43 bits per heavy atom. The minimum Gasteiger partial charge on any atom is -0.480 e. The van der Waals surface area contributed by atoms with Crippen LogP contribution < -0.4 is 26.0 Å². The molecule has 0 unspecified atom stereocenters. The van der Waals surface area contributed by atoms with Crippen molar-refractivity contribution in [1.29, 1.82) is 0 Å². The molecule has 1 aliphatic heterocycles. The molecule has 7 heteroatoms. The molecular weight excluding hydrogens is 382 g/mol. The molecule has 0 radical (unpaired) electrons. The fourth-order valence-electron chi connectivity index (χ4n) is 3.87. The monoisotopic (exact) mass is 405 g/mol. The summed E-state index contributed by atoms with van der Waals surface area (Å²) < 4.78 is 0. The summed E-state index contributed by atoms with van der Waals surface area (Å²) in [5.41, 5.74) is 1.20. The van der Waals surface area contributed by atoms with Crippen molar-refractivity contribution in [3.8, 4) is 0 Å². The van der Waals surface area contributed by atoms with Crippen LogP contribution in [0.15, 0.2) is 70.3 Å². The molecule has 1 saturated heterocycles. The van der Waals surface area contributed by atoms with Crippen molar-refractivity contribution < 1.29 is 9.90 Å². The number of hydrogen-bond acceptors (Lipinski definition) is 6. The van der Waals surface area contributed by atoms with E-state index in [-0.39, 0.29) is 12.1 Å². The summed E-state index contributed by atoms with van der Waals surface area (Å²) in [7, 11) is 0. The Labute approximate surface area is 173 Å². The van der Waals surface area contributed by atoms with Crippen molar-refractivity contribution in [1.82, 2.24) is 0 Å². The van der Waals surface area contributed by atoms with Crippen LogP contribution in [-0.4, -0.2) is 43.3 Å². The lowest BCUT2D eigenvalue weighted by molar-refractivity contribution is -0.137. The molecule has 0 aliphatic carbocycles. The Hall–Kier alpha value is -3.61. The standard InChI is InChI=1S/C23H23N3O4/c27-21-19(24-18(23(29)30)15-16-7-3-1-4-8-16)20(22(21)28)26-13-11-25(12-14-26)17-9-5-2-6-10-17/h1-10,18,24H,11-15H2,(H,29,30)/t18-/m0/s1. The second-order valence-corrected chi connectivity index (χ2v) is 7.42. The quantitative estimate of drug-likeness (QED) is 0.579. The number of nitrogens with zero attached hydrogens (tertiary/aromatic N) is 2. The molecule has 1 atom stereocenters. The molecule has 4 rings (SSSR count). The summed E-state index contributed by atoms with van der Waals surface area (Å²) >= 11 is 0. The van der Waals surface area contributed by atoms with E-state index in [1.165, 1.54) is 0 Å². The number of carboxylic acid groups (broad SMARTS) is 1. The number of aliphatic carboxylic acids is 1. The predicted octanol–water partition coefficient (Wildman–Crippen LogP) is 1.72. The smallest absolute Gasteiger partial charge is 0.326 e. The molecule has 1 fully saturated rings. The largest absolute Gasteiger partial charge is 0.480 e. The average Bonchev–Trinajstić information content (AvgIpc) is 2.79. The summed E-state index contributed by atoms with van der Waals surface area (Å²) in [5, 5.41) is 12.4. The maximum Gasteiger partial charge on any atom is 0.326 e. The zero-order valence-electron chi connectivity index (χ0n) is 16.5. The van der Waals surface area contributed by atoms with Gasteiger partial charge in [0.2, 0.25) is 0 Å². The first-order valence-corrected chi connectivity index (χ1v) is 9.96. The highest BCUT2D eigenvalue weighted by Crippen LogP contribution is 2.24. The highest BCUT2D eigenvalue weighted by Gasteiger charge is 2.31. The molecule has 1 heterocycles. The predicted molar refractivity (Wildman–Crippen MR) is 117 cm³/mol. The van der Waals surface area contributed by atoms with Crippen molar-refractivity contribution in [2.75, 3.05) is 41.3 Å². The van der Waals surface area contributed by atoms with Crippen LogP contribution in [0.2, 0.25) is 0 Å². The fraction of sp³-hybridized carbons (Fsp3) is 0.261. The lowest BCUT2D eigenvalue weighted by atomic mass is 10.0. The maximum absolute atomic E-state index is 12.3. The van der Waals surface area contributed by atoms with Crippen LogP contribution in [0.1, 0.15) is 5.56 Å². The molecule has 0 amide bonds. The van der Waals surface area contributed by atoms with Gasteiger partial charge in [-0.3, -0.25) is 9.59 Å². The molecule has 1 aliphatic rings. The Morgan fingerprint density at radius 3 is 2.03 bits per heavy atom. The van der Waals surface area contributed by atoms with Crippen LogP contribution in [-0.2, 0) is 11.2 Å². The van der Waals surface area contributed by atoms with E-state index in [2.05, 4.69) is 10.2 Å². The third-order valence-corrected chi connectivity index (χ3v) is 5.50. The SMILES string of the molecule is O=C(O)[C@H](Cc1ccccc1)Nc1c(N2CCN(c3ccccc3)CC2)c(=O)c1=O. The zero-order valence-corrected chi connectivity index (χ0v) is 16.5. The number of carbonyl (C=O) groups is 1. The van der Waals surface area contributed by atoms with E-state index < -0.39 is 22.9 Å². The first-order chi connectivity index (χ1) is 14.5. The number of hydrogen-bond donors (Lipinski definition) is 2. The van der Waals surface area contributed by atoms with Gasteiger partial charge in [-0.15, -0.1) is 0 Å². The highest BCUT2D eigenvalue weighted by molar-refractivity contribution is 5.83. The van der Waals surface area contributed by atoms with Crippen molar-refractivity contribution in [2.24, 2.45) is 0 Å². The van der Waals surface area contributed by atoms with E-state index in [9.17, 15) is 19.5 Å². The van der Waals surface area contributed by atoms with E-state index in [1.54, 1.807) is 0 Å². The van der Waals surface area contributed by atoms with Gasteiger partial charge in [0.15, 0.2) is 0 Å². The minimum absolute atomic E-state index is 0.122. The Bertz CT molecular complexity index is 1080. The minimum atomic E-state index is -1.06. The lowest BCUT2D eigenvalue weighted by Crippen LogP contribution is -2.52. The van der Waals surface area contributed by atoms with Crippen LogP contribution in [0, 0.1) is 0 Å². The lowest BCUT2D eigenvalue weighted by Gasteiger charge is -2.38. The van der Waals surface area contributed by atoms with Crippen molar-refractivity contribution in [2.45, 2.75) is 12.5 Å². The van der Waals surface area contributed by atoms with Crippen LogP contribution >= 0.6 is 0 Å². The molecule has 154 valence electrons. The van der Waals surface area contributed by atoms with E-state index in [4.69, 9.17) is 0 Å². The number of piperazine rings is 1. The molecule has 0 aromatic heterocycles. The van der Waals surface area contributed by atoms with Gasteiger partial charge in [-0.1, -0.05) is 48.5 Å². The summed E-state index contributed by atoms with van der Waals surface area (Å²) in [6, 6.07) is 18.2. The molecule has 2 N–H and O–H groups in total. The first-order valence-electron chi connectivity index (χ1n) is 9.96. The molecular formula is C23H23N3O4. The number of rotatable bonds is 7.